The van der Waals surface area contributed by atoms with Gasteiger partial charge in [0, 0.05) is 34.5 Å². The highest BCUT2D eigenvalue weighted by Crippen LogP contribution is 2.44. The van der Waals surface area contributed by atoms with Crippen molar-refractivity contribution in [2.75, 3.05) is 6.79 Å². The number of ether oxygens (including phenoxy) is 2. The van der Waals surface area contributed by atoms with Gasteiger partial charge in [-0.3, -0.25) is 4.79 Å². The topological polar surface area (TPSA) is 64.0 Å². The smallest absolute Gasteiger partial charge is 0.275 e. The van der Waals surface area contributed by atoms with Gasteiger partial charge < -0.3 is 9.47 Å². The summed E-state index contributed by atoms with van der Waals surface area (Å²) in [5.74, 6) is 1.75. The van der Waals surface area contributed by atoms with E-state index in [9.17, 15) is 4.79 Å². The molecule has 1 aromatic carbocycles. The van der Waals surface area contributed by atoms with Gasteiger partial charge in [0.15, 0.2) is 11.5 Å². The third-order valence-electron chi connectivity index (χ3n) is 5.61. The number of carbonyl (C=O) groups is 1. The van der Waals surface area contributed by atoms with Gasteiger partial charge in [-0.05, 0) is 42.3 Å². The van der Waals surface area contributed by atoms with E-state index in [1.165, 1.54) is 11.3 Å². The summed E-state index contributed by atoms with van der Waals surface area (Å²) in [4.78, 5) is 17.7. The van der Waals surface area contributed by atoms with Crippen molar-refractivity contribution < 1.29 is 14.3 Å². The van der Waals surface area contributed by atoms with E-state index in [1.807, 2.05) is 35.0 Å². The Morgan fingerprint density at radius 3 is 2.79 bits per heavy atom. The Labute approximate surface area is 175 Å². The van der Waals surface area contributed by atoms with Crippen LogP contribution in [0.3, 0.4) is 0 Å². The van der Waals surface area contributed by atoms with E-state index >= 15 is 0 Å². The highest BCUT2D eigenvalue weighted by molar-refractivity contribution is 7.08. The molecule has 0 saturated heterocycles. The molecule has 2 aliphatic heterocycles. The molecule has 1 fully saturated rings. The van der Waals surface area contributed by atoms with Crippen LogP contribution in [-0.2, 0) is 0 Å². The fraction of sp³-hybridized carbons (Fsp3) is 0.286. The monoisotopic (exact) mass is 425 g/mol. The van der Waals surface area contributed by atoms with E-state index < -0.39 is 0 Å². The Balaban J connectivity index is 1.43. The molecule has 1 atom stereocenters. The Kier molecular flexibility index (Phi) is 3.82. The number of aromatic nitrogens is 1. The molecule has 2 aromatic heterocycles. The molecule has 3 aliphatic rings. The van der Waals surface area contributed by atoms with Crippen molar-refractivity contribution in [2.45, 2.75) is 25.3 Å². The molecule has 0 N–H and O–H groups in total. The number of thiophene rings is 1. The first kappa shape index (κ1) is 17.2. The maximum absolute atomic E-state index is 13.1. The molecule has 1 amide bonds. The molecule has 29 heavy (non-hydrogen) atoms. The number of hydrogen-bond acceptors (Lipinski definition) is 6. The lowest BCUT2D eigenvalue weighted by atomic mass is 9.99. The molecule has 146 valence electrons. The van der Waals surface area contributed by atoms with E-state index in [1.54, 1.807) is 5.01 Å². The van der Waals surface area contributed by atoms with Crippen LogP contribution in [0.2, 0.25) is 5.15 Å². The van der Waals surface area contributed by atoms with Crippen LogP contribution in [0.15, 0.2) is 40.1 Å². The largest absolute Gasteiger partial charge is 0.454 e. The number of fused-ring (bicyclic) bond motifs is 2. The quantitative estimate of drug-likeness (QED) is 0.552. The number of rotatable bonds is 3. The van der Waals surface area contributed by atoms with Crippen LogP contribution in [-0.4, -0.2) is 28.4 Å². The van der Waals surface area contributed by atoms with Crippen LogP contribution < -0.4 is 9.47 Å². The molecular weight excluding hydrogens is 410 g/mol. The average Bonchev–Trinajstić information content (AvgIpc) is 3.13. The number of amides is 1. The highest BCUT2D eigenvalue weighted by Gasteiger charge is 2.40. The van der Waals surface area contributed by atoms with Gasteiger partial charge in [-0.25, -0.2) is 9.99 Å². The summed E-state index contributed by atoms with van der Waals surface area (Å²) in [6.07, 6.45) is 2.97. The van der Waals surface area contributed by atoms with Gasteiger partial charge >= 0.3 is 0 Å². The maximum atomic E-state index is 13.1. The first-order valence-corrected chi connectivity index (χ1v) is 10.8. The molecule has 0 radical (unpaired) electrons. The van der Waals surface area contributed by atoms with E-state index in [-0.39, 0.29) is 18.7 Å². The van der Waals surface area contributed by atoms with Crippen molar-refractivity contribution in [1.29, 1.82) is 0 Å². The van der Waals surface area contributed by atoms with E-state index in [4.69, 9.17) is 26.2 Å². The van der Waals surface area contributed by atoms with Crippen molar-refractivity contribution in [2.24, 2.45) is 11.0 Å². The number of hydrogen-bond donors (Lipinski definition) is 0. The molecule has 3 aromatic rings. The molecular formula is C21H16ClN3O3S. The zero-order chi connectivity index (χ0) is 19.5. The number of nitrogens with zero attached hydrogens (tertiary/aromatic N) is 3. The second kappa shape index (κ2) is 6.43. The van der Waals surface area contributed by atoms with Crippen LogP contribution in [0.4, 0.5) is 0 Å². The standard InChI is InChI=1S/C21H16ClN3O3S/c22-20-14(5-13-6-18-19(28-10-27-18)8-15(13)23-20)17-7-16(11-1-2-11)24-25(17)21(26)12-3-4-29-9-12/h3-6,8-9,11,17H,1-2,7,10H2/t17-/m1/s1. The van der Waals surface area contributed by atoms with Crippen molar-refractivity contribution in [1.82, 2.24) is 9.99 Å². The third-order valence-corrected chi connectivity index (χ3v) is 6.59. The van der Waals surface area contributed by atoms with E-state index in [0.29, 0.717) is 34.6 Å². The summed E-state index contributed by atoms with van der Waals surface area (Å²) in [5.41, 5.74) is 3.27. The number of halogens is 1. The molecule has 4 heterocycles. The van der Waals surface area contributed by atoms with Gasteiger partial charge in [-0.2, -0.15) is 16.4 Å². The Morgan fingerprint density at radius 2 is 2.03 bits per heavy atom. The van der Waals surface area contributed by atoms with Gasteiger partial charge in [-0.1, -0.05) is 11.6 Å². The molecule has 1 saturated carbocycles. The fourth-order valence-electron chi connectivity index (χ4n) is 3.94. The summed E-state index contributed by atoms with van der Waals surface area (Å²) < 4.78 is 10.9. The molecule has 1 aliphatic carbocycles. The molecule has 0 unspecified atom stereocenters. The molecule has 0 bridgehead atoms. The lowest BCUT2D eigenvalue weighted by molar-refractivity contribution is 0.0711. The molecule has 6 nitrogen and oxygen atoms in total. The Hall–Kier alpha value is -2.64. The number of benzene rings is 1. The summed E-state index contributed by atoms with van der Waals surface area (Å²) in [7, 11) is 0. The van der Waals surface area contributed by atoms with Gasteiger partial charge in [0.1, 0.15) is 5.15 Å². The summed E-state index contributed by atoms with van der Waals surface area (Å²) in [6, 6.07) is 7.31. The second-order valence-corrected chi connectivity index (χ2v) is 8.65. The molecule has 6 rings (SSSR count). The summed E-state index contributed by atoms with van der Waals surface area (Å²) in [5, 5.41) is 11.3. The van der Waals surface area contributed by atoms with Gasteiger partial charge in [-0.15, -0.1) is 0 Å². The molecule has 8 heteroatoms. The van der Waals surface area contributed by atoms with Crippen LogP contribution in [0, 0.1) is 5.92 Å². The zero-order valence-electron chi connectivity index (χ0n) is 15.3. The van der Waals surface area contributed by atoms with Crippen LogP contribution >= 0.6 is 22.9 Å². The maximum Gasteiger partial charge on any atom is 0.275 e. The van der Waals surface area contributed by atoms with Gasteiger partial charge in [0.05, 0.1) is 17.1 Å². The first-order valence-electron chi connectivity index (χ1n) is 9.50. The third kappa shape index (κ3) is 2.88. The minimum Gasteiger partial charge on any atom is -0.454 e. The number of carbonyl (C=O) groups excluding carboxylic acids is 1. The predicted octanol–water partition coefficient (Wildman–Crippen LogP) is 5.03. The van der Waals surface area contributed by atoms with Crippen molar-refractivity contribution in [3.63, 3.8) is 0 Å². The first-order chi connectivity index (χ1) is 14.2. The predicted molar refractivity (Wildman–Crippen MR) is 111 cm³/mol. The van der Waals surface area contributed by atoms with Crippen molar-refractivity contribution >= 4 is 45.5 Å². The normalized spacial score (nSPS) is 20.4. The SMILES string of the molecule is O=C(c1ccsc1)N1N=C(C2CC2)C[C@@H]1c1cc2cc3c(cc2nc1Cl)OCO3. The highest BCUT2D eigenvalue weighted by atomic mass is 35.5. The van der Waals surface area contributed by atoms with E-state index in [0.717, 1.165) is 35.0 Å². The lowest BCUT2D eigenvalue weighted by Gasteiger charge is -2.22. The van der Waals surface area contributed by atoms with Crippen molar-refractivity contribution in [3.05, 3.63) is 51.3 Å². The number of hydrazone groups is 1. The summed E-state index contributed by atoms with van der Waals surface area (Å²) >= 11 is 8.10. The lowest BCUT2D eigenvalue weighted by Crippen LogP contribution is -2.27. The van der Waals surface area contributed by atoms with Crippen LogP contribution in [0.5, 0.6) is 11.5 Å². The van der Waals surface area contributed by atoms with E-state index in [2.05, 4.69) is 4.98 Å². The minimum absolute atomic E-state index is 0.103. The van der Waals surface area contributed by atoms with Crippen LogP contribution in [0.25, 0.3) is 10.9 Å². The molecule has 0 spiro atoms. The second-order valence-electron chi connectivity index (χ2n) is 7.51. The Bertz CT molecular complexity index is 1170. The minimum atomic E-state index is -0.257. The zero-order valence-corrected chi connectivity index (χ0v) is 16.9. The number of pyridine rings is 1. The fourth-order valence-corrected chi connectivity index (χ4v) is 4.84. The van der Waals surface area contributed by atoms with Crippen molar-refractivity contribution in [3.8, 4) is 11.5 Å². The average molecular weight is 426 g/mol. The van der Waals surface area contributed by atoms with Crippen LogP contribution in [0.1, 0.15) is 41.2 Å². The summed E-state index contributed by atoms with van der Waals surface area (Å²) in [6.45, 7) is 0.205. The van der Waals surface area contributed by atoms with Gasteiger partial charge in [0.2, 0.25) is 6.79 Å². The van der Waals surface area contributed by atoms with Gasteiger partial charge in [0.25, 0.3) is 5.91 Å². The Morgan fingerprint density at radius 1 is 1.21 bits per heavy atom.